The first-order valence-corrected chi connectivity index (χ1v) is 23.7. The second-order valence-corrected chi connectivity index (χ2v) is 19.7. The summed E-state index contributed by atoms with van der Waals surface area (Å²) in [7, 11) is 2.12. The van der Waals surface area contributed by atoms with E-state index in [2.05, 4.69) is 59.9 Å². The number of aliphatic hydroxyl groups is 1. The van der Waals surface area contributed by atoms with Crippen LogP contribution in [0.1, 0.15) is 118 Å². The van der Waals surface area contributed by atoms with E-state index >= 15 is 4.39 Å². The van der Waals surface area contributed by atoms with Gasteiger partial charge >= 0.3 is 0 Å². The number of H-pyrrole nitrogens is 1. The third-order valence-corrected chi connectivity index (χ3v) is 16.0. The summed E-state index contributed by atoms with van der Waals surface area (Å²) in [5, 5.41) is 20.2. The molecule has 4 aromatic rings. The number of allylic oxidation sites excluding steroid dienone is 4. The highest BCUT2D eigenvalue weighted by molar-refractivity contribution is 5.95. The third kappa shape index (κ3) is 8.30. The summed E-state index contributed by atoms with van der Waals surface area (Å²) in [6.07, 6.45) is 11.3. The zero-order valence-electron chi connectivity index (χ0n) is 38.1. The average molecular weight is 880 g/mol. The third-order valence-electron chi connectivity index (χ3n) is 16.0. The number of hydrogen-bond acceptors (Lipinski definition) is 7. The smallest absolute Gasteiger partial charge is 0.272 e. The van der Waals surface area contributed by atoms with Gasteiger partial charge in [0.2, 0.25) is 5.91 Å². The molecule has 3 aromatic carbocycles. The Labute approximate surface area is 381 Å². The van der Waals surface area contributed by atoms with Crippen LogP contribution in [0.2, 0.25) is 0 Å². The van der Waals surface area contributed by atoms with Crippen molar-refractivity contribution in [1.29, 1.82) is 0 Å². The zero-order valence-corrected chi connectivity index (χ0v) is 38.1. The number of rotatable bonds is 12. The summed E-state index contributed by atoms with van der Waals surface area (Å²) in [6, 6.07) is 20.7. The topological polar surface area (TPSA) is 127 Å². The Balaban J connectivity index is 0.761. The maximum absolute atomic E-state index is 15.1. The summed E-state index contributed by atoms with van der Waals surface area (Å²) in [4.78, 5) is 57.2. The van der Waals surface area contributed by atoms with Crippen LogP contribution < -0.4 is 10.5 Å². The maximum atomic E-state index is 15.1. The molecular formula is C54H62FN5O5. The number of hydrogen-bond donors (Lipinski definition) is 2. The van der Waals surface area contributed by atoms with Crippen molar-refractivity contribution >= 4 is 34.1 Å². The van der Waals surface area contributed by atoms with Crippen LogP contribution in [0.25, 0.3) is 10.8 Å². The van der Waals surface area contributed by atoms with E-state index in [9.17, 15) is 24.3 Å². The molecule has 340 valence electrons. The predicted octanol–water partition coefficient (Wildman–Crippen LogP) is 8.84. The number of anilines is 1. The molecule has 0 spiro atoms. The van der Waals surface area contributed by atoms with Crippen molar-refractivity contribution < 1.29 is 23.9 Å². The number of halogens is 1. The Morgan fingerprint density at radius 1 is 0.938 bits per heavy atom. The van der Waals surface area contributed by atoms with E-state index in [1.54, 1.807) is 29.2 Å². The van der Waals surface area contributed by atoms with Crippen LogP contribution in [0.5, 0.6) is 0 Å². The number of amides is 2. The number of benzene rings is 3. The van der Waals surface area contributed by atoms with Gasteiger partial charge < -0.3 is 19.8 Å². The zero-order chi connectivity index (χ0) is 45.6. The van der Waals surface area contributed by atoms with Gasteiger partial charge in [-0.25, -0.2) is 9.49 Å². The molecule has 2 amide bonds. The fraction of sp³-hybridized carbons (Fsp3) is 0.463. The van der Waals surface area contributed by atoms with E-state index in [-0.39, 0.29) is 34.1 Å². The van der Waals surface area contributed by atoms with Gasteiger partial charge in [0.05, 0.1) is 22.2 Å². The standard InChI is InChI=1S/C54H62FN5O5/c1-34(2)54(65)24-23-46-43-20-16-37-32-39(61)19-21-40(37)50(43)45(33-53(46,54)3)36-14-17-38(18-15-36)58(4)25-9-5-6-12-49(62)59-26-28-60(29-27-59)52(64)44-30-35(13-22-47(44)55)31-48-41-10-7-8-11-42(41)51(63)57-56-48/h7-8,10-11,13-15,17-18,22,30,32,43,45-46,65H,1,5-6,9,12,16,19-21,23-29,31,33H2,2-4H3,(H,57,63)/t43?,45-,46+,53+,54-/m1/s1. The maximum Gasteiger partial charge on any atom is 0.272 e. The first kappa shape index (κ1) is 44.5. The average Bonchev–Trinajstić information content (AvgIpc) is 3.60. The summed E-state index contributed by atoms with van der Waals surface area (Å²) in [5.74, 6) is 0.301. The number of piperazine rings is 1. The van der Waals surface area contributed by atoms with Crippen molar-refractivity contribution in [1.82, 2.24) is 20.0 Å². The number of aromatic amines is 1. The highest BCUT2D eigenvalue weighted by Gasteiger charge is 2.63. The second kappa shape index (κ2) is 17.9. The lowest BCUT2D eigenvalue weighted by molar-refractivity contribution is -0.132. The van der Waals surface area contributed by atoms with Crippen molar-refractivity contribution in [2.75, 3.05) is 44.7 Å². The second-order valence-electron chi connectivity index (χ2n) is 19.7. The Hall–Kier alpha value is -5.68. The normalized spacial score (nSPS) is 25.2. The molecule has 1 aromatic heterocycles. The number of aromatic nitrogens is 2. The van der Waals surface area contributed by atoms with Crippen molar-refractivity contribution in [3.05, 3.63) is 140 Å². The monoisotopic (exact) mass is 879 g/mol. The lowest BCUT2D eigenvalue weighted by Gasteiger charge is -2.55. The van der Waals surface area contributed by atoms with E-state index < -0.39 is 17.3 Å². The molecule has 5 atom stereocenters. The van der Waals surface area contributed by atoms with Crippen LogP contribution in [-0.4, -0.2) is 88.1 Å². The Kier molecular flexibility index (Phi) is 12.3. The van der Waals surface area contributed by atoms with Gasteiger partial charge in [-0.3, -0.25) is 19.2 Å². The van der Waals surface area contributed by atoms with E-state index in [0.717, 1.165) is 75.6 Å². The molecule has 2 heterocycles. The van der Waals surface area contributed by atoms with Crippen LogP contribution in [0.3, 0.4) is 0 Å². The van der Waals surface area contributed by atoms with Gasteiger partial charge in [-0.05, 0) is 134 Å². The lowest BCUT2D eigenvalue weighted by atomic mass is 9.50. The molecule has 0 bridgehead atoms. The highest BCUT2D eigenvalue weighted by Crippen LogP contribution is 2.68. The molecule has 4 aliphatic carbocycles. The molecule has 11 heteroatoms. The minimum Gasteiger partial charge on any atom is -0.385 e. The Morgan fingerprint density at radius 2 is 1.68 bits per heavy atom. The van der Waals surface area contributed by atoms with Crippen LogP contribution in [0.15, 0.2) is 106 Å². The van der Waals surface area contributed by atoms with Crippen LogP contribution >= 0.6 is 0 Å². The summed E-state index contributed by atoms with van der Waals surface area (Å²) in [6.45, 7) is 10.9. The molecule has 10 nitrogen and oxygen atoms in total. The molecule has 65 heavy (non-hydrogen) atoms. The van der Waals surface area contributed by atoms with Gasteiger partial charge in [-0.1, -0.05) is 61.9 Å². The number of fused-ring (bicyclic) bond motifs is 5. The van der Waals surface area contributed by atoms with Crippen LogP contribution in [0.4, 0.5) is 10.1 Å². The number of ketones is 1. The van der Waals surface area contributed by atoms with E-state index in [0.29, 0.717) is 79.3 Å². The van der Waals surface area contributed by atoms with Crippen LogP contribution in [-0.2, 0) is 16.0 Å². The number of nitrogens with zero attached hydrogens (tertiary/aromatic N) is 4. The highest BCUT2D eigenvalue weighted by atomic mass is 19.1. The van der Waals surface area contributed by atoms with Gasteiger partial charge in [-0.15, -0.1) is 0 Å². The minimum atomic E-state index is -0.883. The van der Waals surface area contributed by atoms with Gasteiger partial charge in [0.1, 0.15) is 5.82 Å². The van der Waals surface area contributed by atoms with E-state index in [1.165, 1.54) is 28.3 Å². The molecule has 1 unspecified atom stereocenters. The fourth-order valence-corrected chi connectivity index (χ4v) is 12.4. The molecule has 1 saturated heterocycles. The number of unbranched alkanes of at least 4 members (excludes halogenated alkanes) is 2. The molecule has 9 rings (SSSR count). The molecular weight excluding hydrogens is 818 g/mol. The van der Waals surface area contributed by atoms with Crippen molar-refractivity contribution in [3.8, 4) is 0 Å². The van der Waals surface area contributed by atoms with Gasteiger partial charge in [0.25, 0.3) is 11.5 Å². The van der Waals surface area contributed by atoms with Crippen molar-refractivity contribution in [2.45, 2.75) is 102 Å². The number of carbonyl (C=O) groups is 3. The van der Waals surface area contributed by atoms with Gasteiger partial charge in [0.15, 0.2) is 5.78 Å². The van der Waals surface area contributed by atoms with Crippen LogP contribution in [0, 0.1) is 23.1 Å². The molecule has 1 aliphatic heterocycles. The van der Waals surface area contributed by atoms with E-state index in [4.69, 9.17) is 0 Å². The summed E-state index contributed by atoms with van der Waals surface area (Å²) < 4.78 is 15.1. The molecule has 5 aliphatic rings. The van der Waals surface area contributed by atoms with Crippen molar-refractivity contribution in [2.24, 2.45) is 17.3 Å². The minimum absolute atomic E-state index is 0.0131. The van der Waals surface area contributed by atoms with Gasteiger partial charge in [0, 0.05) is 81.4 Å². The van der Waals surface area contributed by atoms with E-state index in [1.807, 2.05) is 30.0 Å². The molecule has 2 N–H and O–H groups in total. The molecule has 3 fully saturated rings. The first-order chi connectivity index (χ1) is 31.3. The SMILES string of the molecule is C=C(C)[C@]1(O)CC[C@H]2C3CCC4=CC(=O)CCC4=C3[C@@H](c3ccc(N(C)CCCCCC(=O)N4CCN(C(=O)c5cc(Cc6n[nH]c(=O)c7ccccc67)ccc5F)CC4)cc3)C[C@@]21C. The molecule has 2 saturated carbocycles. The van der Waals surface area contributed by atoms with Crippen molar-refractivity contribution in [3.63, 3.8) is 0 Å². The quantitative estimate of drug-likeness (QED) is 0.108. The lowest BCUT2D eigenvalue weighted by Crippen LogP contribution is -2.52. The summed E-state index contributed by atoms with van der Waals surface area (Å²) in [5.41, 5.74) is 7.37. The number of nitrogens with one attached hydrogen (secondary N) is 1. The number of carbonyl (C=O) groups excluding carboxylic acids is 3. The first-order valence-electron chi connectivity index (χ1n) is 23.7. The Bertz CT molecular complexity index is 2660. The fourth-order valence-electron chi connectivity index (χ4n) is 12.4. The molecule has 0 radical (unpaired) electrons. The predicted molar refractivity (Wildman–Crippen MR) is 252 cm³/mol. The largest absolute Gasteiger partial charge is 0.385 e. The Morgan fingerprint density at radius 3 is 2.43 bits per heavy atom. The van der Waals surface area contributed by atoms with Gasteiger partial charge in [-0.2, -0.15) is 5.10 Å². The summed E-state index contributed by atoms with van der Waals surface area (Å²) >= 11 is 0.